The molecule has 0 aromatic heterocycles. The van der Waals surface area contributed by atoms with Gasteiger partial charge in [-0.1, -0.05) is 72.8 Å². The van der Waals surface area contributed by atoms with Gasteiger partial charge >= 0.3 is 0 Å². The first-order valence-electron chi connectivity index (χ1n) is 9.66. The maximum absolute atomic E-state index is 13.0. The second kappa shape index (κ2) is 8.61. The maximum atomic E-state index is 13.0. The molecule has 1 heterocycles. The molecule has 0 fully saturated rings. The van der Waals surface area contributed by atoms with E-state index in [-0.39, 0.29) is 11.8 Å². The number of carbonyl (C=O) groups excluding carboxylic acids is 2. The van der Waals surface area contributed by atoms with Crippen LogP contribution in [0.5, 0.6) is 5.75 Å². The lowest BCUT2D eigenvalue weighted by Gasteiger charge is -2.26. The molecule has 29 heavy (non-hydrogen) atoms. The van der Waals surface area contributed by atoms with Gasteiger partial charge < -0.3 is 15.4 Å². The summed E-state index contributed by atoms with van der Waals surface area (Å²) in [6.07, 6.45) is -0.237. The van der Waals surface area contributed by atoms with E-state index in [9.17, 15) is 9.59 Å². The number of fused-ring (bicyclic) bond motifs is 1. The molecular weight excluding hydrogens is 364 g/mol. The van der Waals surface area contributed by atoms with Gasteiger partial charge in [0.1, 0.15) is 5.75 Å². The molecule has 1 atom stereocenters. The fourth-order valence-corrected chi connectivity index (χ4v) is 3.50. The van der Waals surface area contributed by atoms with E-state index in [1.54, 1.807) is 6.07 Å². The summed E-state index contributed by atoms with van der Waals surface area (Å²) < 4.78 is 5.79. The van der Waals surface area contributed by atoms with Gasteiger partial charge in [-0.25, -0.2) is 0 Å². The lowest BCUT2D eigenvalue weighted by Crippen LogP contribution is -2.40. The van der Waals surface area contributed by atoms with Crippen LogP contribution < -0.4 is 15.4 Å². The predicted molar refractivity (Wildman–Crippen MR) is 112 cm³/mol. The van der Waals surface area contributed by atoms with Crippen molar-refractivity contribution in [3.05, 3.63) is 96.1 Å². The highest BCUT2D eigenvalue weighted by molar-refractivity contribution is 5.97. The largest absolute Gasteiger partial charge is 0.478 e. The van der Waals surface area contributed by atoms with Crippen molar-refractivity contribution < 1.29 is 14.3 Å². The Labute approximate surface area is 169 Å². The van der Waals surface area contributed by atoms with E-state index in [1.807, 2.05) is 78.9 Å². The van der Waals surface area contributed by atoms with Crippen molar-refractivity contribution in [3.63, 3.8) is 0 Å². The zero-order valence-corrected chi connectivity index (χ0v) is 15.9. The summed E-state index contributed by atoms with van der Waals surface area (Å²) in [5, 5.41) is 5.82. The van der Waals surface area contributed by atoms with E-state index >= 15 is 0 Å². The highest BCUT2D eigenvalue weighted by Crippen LogP contribution is 2.29. The molecule has 3 aromatic carbocycles. The zero-order chi connectivity index (χ0) is 20.1. The number of benzene rings is 3. The van der Waals surface area contributed by atoms with Crippen LogP contribution in [0.15, 0.2) is 84.9 Å². The number of rotatable bonds is 6. The van der Waals surface area contributed by atoms with Gasteiger partial charge in [-0.15, -0.1) is 0 Å². The first-order chi connectivity index (χ1) is 14.2. The van der Waals surface area contributed by atoms with Crippen molar-refractivity contribution in [1.82, 2.24) is 5.32 Å². The second-order valence-corrected chi connectivity index (χ2v) is 6.93. The van der Waals surface area contributed by atoms with Gasteiger partial charge in [0.25, 0.3) is 5.91 Å². The number of nitrogens with one attached hydrogen (secondary N) is 2. The number of para-hydroxylation sites is 2. The van der Waals surface area contributed by atoms with Crippen LogP contribution in [-0.4, -0.2) is 24.5 Å². The number of anilines is 1. The molecule has 2 N–H and O–H groups in total. The van der Waals surface area contributed by atoms with E-state index in [4.69, 9.17) is 4.74 Å². The van der Waals surface area contributed by atoms with Crippen molar-refractivity contribution in [2.75, 3.05) is 11.9 Å². The van der Waals surface area contributed by atoms with Crippen LogP contribution in [0.4, 0.5) is 5.69 Å². The molecule has 2 amide bonds. The summed E-state index contributed by atoms with van der Waals surface area (Å²) >= 11 is 0. The van der Waals surface area contributed by atoms with Crippen molar-refractivity contribution in [2.45, 2.75) is 18.4 Å². The molecule has 0 radical (unpaired) electrons. The minimum atomic E-state index is -0.628. The van der Waals surface area contributed by atoms with Crippen LogP contribution in [0.2, 0.25) is 0 Å². The summed E-state index contributed by atoms with van der Waals surface area (Å²) in [4.78, 5) is 25.3. The Hall–Kier alpha value is -3.60. The van der Waals surface area contributed by atoms with Gasteiger partial charge in [0.05, 0.1) is 11.6 Å². The molecule has 3 aromatic rings. The number of ether oxygens (including phenoxy) is 1. The van der Waals surface area contributed by atoms with E-state index in [2.05, 4.69) is 10.6 Å². The number of hydrogen-bond acceptors (Lipinski definition) is 3. The SMILES string of the molecule is O=C1Nc2ccccc2OC1CCNC(=O)C(c1ccccc1)c1ccccc1. The Kier molecular flexibility index (Phi) is 5.56. The summed E-state index contributed by atoms with van der Waals surface area (Å²) in [5.74, 6) is -0.0475. The Balaban J connectivity index is 1.42. The predicted octanol–water partition coefficient (Wildman–Crippen LogP) is 3.72. The molecule has 0 saturated heterocycles. The fourth-order valence-electron chi connectivity index (χ4n) is 3.50. The Bertz CT molecular complexity index is 950. The molecule has 1 aliphatic heterocycles. The molecule has 4 rings (SSSR count). The van der Waals surface area contributed by atoms with E-state index in [0.29, 0.717) is 24.4 Å². The molecule has 0 spiro atoms. The van der Waals surface area contributed by atoms with Crippen LogP contribution in [0.25, 0.3) is 0 Å². The summed E-state index contributed by atoms with van der Waals surface area (Å²) in [6.45, 7) is 0.343. The van der Waals surface area contributed by atoms with Crippen molar-refractivity contribution in [3.8, 4) is 5.75 Å². The molecule has 1 aliphatic rings. The monoisotopic (exact) mass is 386 g/mol. The molecule has 1 unspecified atom stereocenters. The van der Waals surface area contributed by atoms with E-state index in [0.717, 1.165) is 11.1 Å². The zero-order valence-electron chi connectivity index (χ0n) is 15.9. The summed E-state index contributed by atoms with van der Waals surface area (Å²) in [5.41, 5.74) is 2.53. The number of carbonyl (C=O) groups is 2. The minimum absolute atomic E-state index is 0.0981. The molecule has 0 saturated carbocycles. The van der Waals surface area contributed by atoms with Gasteiger partial charge in [0.2, 0.25) is 5.91 Å². The minimum Gasteiger partial charge on any atom is -0.478 e. The van der Waals surface area contributed by atoms with Gasteiger partial charge in [-0.2, -0.15) is 0 Å². The van der Waals surface area contributed by atoms with Gasteiger partial charge in [-0.3, -0.25) is 9.59 Å². The third kappa shape index (κ3) is 4.29. The van der Waals surface area contributed by atoms with Gasteiger partial charge in [-0.05, 0) is 23.3 Å². The average molecular weight is 386 g/mol. The smallest absolute Gasteiger partial charge is 0.265 e. The highest BCUT2D eigenvalue weighted by Gasteiger charge is 2.28. The van der Waals surface area contributed by atoms with Crippen molar-refractivity contribution in [2.24, 2.45) is 0 Å². The van der Waals surface area contributed by atoms with Crippen LogP contribution in [0.3, 0.4) is 0 Å². The third-order valence-corrected chi connectivity index (χ3v) is 4.94. The summed E-state index contributed by atoms with van der Waals surface area (Å²) in [6, 6.07) is 26.7. The van der Waals surface area contributed by atoms with Crippen LogP contribution in [-0.2, 0) is 9.59 Å². The van der Waals surface area contributed by atoms with Crippen LogP contribution >= 0.6 is 0 Å². The van der Waals surface area contributed by atoms with Crippen LogP contribution in [0, 0.1) is 0 Å². The first kappa shape index (κ1) is 18.7. The third-order valence-electron chi connectivity index (χ3n) is 4.94. The standard InChI is InChI=1S/C24H22N2O3/c27-23-21(29-20-14-8-7-13-19(20)26-23)15-16-25-24(28)22(17-9-3-1-4-10-17)18-11-5-2-6-12-18/h1-14,21-22H,15-16H2,(H,25,28)(H,26,27). The Morgan fingerprint density at radius 3 is 2.14 bits per heavy atom. The van der Waals surface area contributed by atoms with Crippen LogP contribution in [0.1, 0.15) is 23.5 Å². The van der Waals surface area contributed by atoms with Crippen molar-refractivity contribution in [1.29, 1.82) is 0 Å². The second-order valence-electron chi connectivity index (χ2n) is 6.93. The molecule has 0 bridgehead atoms. The highest BCUT2D eigenvalue weighted by atomic mass is 16.5. The Morgan fingerprint density at radius 2 is 1.48 bits per heavy atom. The number of hydrogen-bond donors (Lipinski definition) is 2. The molecule has 146 valence electrons. The normalized spacial score (nSPS) is 15.2. The fraction of sp³-hybridized carbons (Fsp3) is 0.167. The molecular formula is C24H22N2O3. The van der Waals surface area contributed by atoms with Gasteiger partial charge in [0.15, 0.2) is 6.10 Å². The first-order valence-corrected chi connectivity index (χ1v) is 9.66. The molecule has 0 aliphatic carbocycles. The average Bonchev–Trinajstić information content (AvgIpc) is 2.76. The van der Waals surface area contributed by atoms with Gasteiger partial charge in [0, 0.05) is 13.0 Å². The molecule has 5 heteroatoms. The quantitative estimate of drug-likeness (QED) is 0.678. The number of amides is 2. The summed E-state index contributed by atoms with van der Waals surface area (Å²) in [7, 11) is 0. The topological polar surface area (TPSA) is 67.4 Å². The maximum Gasteiger partial charge on any atom is 0.265 e. The van der Waals surface area contributed by atoms with E-state index < -0.39 is 12.0 Å². The molecule has 5 nitrogen and oxygen atoms in total. The van der Waals surface area contributed by atoms with E-state index in [1.165, 1.54) is 0 Å². The van der Waals surface area contributed by atoms with Crippen molar-refractivity contribution >= 4 is 17.5 Å². The Morgan fingerprint density at radius 1 is 0.897 bits per heavy atom. The lowest BCUT2D eigenvalue weighted by atomic mass is 9.90. The lowest BCUT2D eigenvalue weighted by molar-refractivity contribution is -0.125.